The van der Waals surface area contributed by atoms with E-state index in [-0.39, 0.29) is 0 Å². The molecular weight excluding hydrogens is 332 g/mol. The Morgan fingerprint density at radius 3 is 2.04 bits per heavy atom. The molecule has 0 fully saturated rings. The molecule has 25 heavy (non-hydrogen) atoms. The first-order valence-electron chi connectivity index (χ1n) is 8.26. The van der Waals surface area contributed by atoms with E-state index in [2.05, 4.69) is 19.6 Å². The van der Waals surface area contributed by atoms with Crippen molar-refractivity contribution < 1.29 is 18.6 Å². The molecule has 0 N–H and O–H groups in total. The molecular formula is C20H26O4Si. The van der Waals surface area contributed by atoms with Crippen molar-refractivity contribution in [1.29, 1.82) is 0 Å². The summed E-state index contributed by atoms with van der Waals surface area (Å²) in [6.07, 6.45) is 0. The van der Waals surface area contributed by atoms with Gasteiger partial charge in [-0.2, -0.15) is 0 Å². The van der Waals surface area contributed by atoms with E-state index in [9.17, 15) is 0 Å². The zero-order chi connectivity index (χ0) is 18.3. The molecule has 2 rings (SSSR count). The fraction of sp³-hybridized carbons (Fsp3) is 0.300. The summed E-state index contributed by atoms with van der Waals surface area (Å²) in [5.74, 6) is 2.50. The molecule has 0 unspecified atom stereocenters. The van der Waals surface area contributed by atoms with Crippen LogP contribution in [0.4, 0.5) is 0 Å². The van der Waals surface area contributed by atoms with Crippen LogP contribution in [0.1, 0.15) is 12.5 Å². The highest BCUT2D eigenvalue weighted by Crippen LogP contribution is 2.23. The topological polar surface area (TPSA) is 36.9 Å². The summed E-state index contributed by atoms with van der Waals surface area (Å²) in [5, 5.41) is 0. The minimum Gasteiger partial charge on any atom is -0.517 e. The van der Waals surface area contributed by atoms with E-state index in [1.54, 1.807) is 7.11 Å². The number of benzene rings is 2. The maximum atomic E-state index is 6.09. The van der Waals surface area contributed by atoms with Crippen molar-refractivity contribution in [1.82, 2.24) is 0 Å². The van der Waals surface area contributed by atoms with Gasteiger partial charge < -0.3 is 18.6 Å². The van der Waals surface area contributed by atoms with Gasteiger partial charge in [0.05, 0.1) is 7.11 Å². The van der Waals surface area contributed by atoms with Crippen LogP contribution in [0.2, 0.25) is 19.6 Å². The molecule has 0 amide bonds. The molecule has 0 heterocycles. The molecule has 2 aromatic carbocycles. The van der Waals surface area contributed by atoms with E-state index >= 15 is 0 Å². The molecule has 0 bridgehead atoms. The smallest absolute Gasteiger partial charge is 0.310 e. The summed E-state index contributed by atoms with van der Waals surface area (Å²) in [4.78, 5) is 0. The molecule has 0 aliphatic heterocycles. The van der Waals surface area contributed by atoms with E-state index in [4.69, 9.17) is 18.6 Å². The van der Waals surface area contributed by atoms with Gasteiger partial charge in [-0.1, -0.05) is 30.3 Å². The zero-order valence-corrected chi connectivity index (χ0v) is 16.5. The number of methoxy groups -OCH3 is 1. The van der Waals surface area contributed by atoms with Gasteiger partial charge in [-0.05, 0) is 49.5 Å². The quantitative estimate of drug-likeness (QED) is 0.472. The van der Waals surface area contributed by atoms with Gasteiger partial charge in [-0.3, -0.25) is 0 Å². The fourth-order valence-electron chi connectivity index (χ4n) is 2.02. The summed E-state index contributed by atoms with van der Waals surface area (Å²) in [6.45, 7) is 8.65. The first-order valence-corrected chi connectivity index (χ1v) is 11.7. The lowest BCUT2D eigenvalue weighted by molar-refractivity contribution is 0.134. The largest absolute Gasteiger partial charge is 0.517 e. The first kappa shape index (κ1) is 18.9. The molecule has 0 aromatic heterocycles. The van der Waals surface area contributed by atoms with Gasteiger partial charge in [0, 0.05) is 6.92 Å². The number of rotatable bonds is 8. The molecule has 0 spiro atoms. The van der Waals surface area contributed by atoms with E-state index in [0.717, 1.165) is 11.3 Å². The Kier molecular flexibility index (Phi) is 6.53. The van der Waals surface area contributed by atoms with Crippen LogP contribution >= 0.6 is 0 Å². The van der Waals surface area contributed by atoms with Crippen molar-refractivity contribution >= 4 is 8.32 Å². The molecule has 5 heteroatoms. The minimum atomic E-state index is -1.85. The van der Waals surface area contributed by atoms with Crippen molar-refractivity contribution in [2.75, 3.05) is 7.11 Å². The van der Waals surface area contributed by atoms with Crippen LogP contribution in [-0.2, 0) is 15.8 Å². The van der Waals surface area contributed by atoms with E-state index < -0.39 is 8.32 Å². The highest BCUT2D eigenvalue weighted by molar-refractivity contribution is 6.70. The third-order valence-corrected chi connectivity index (χ3v) is 4.05. The van der Waals surface area contributed by atoms with Crippen molar-refractivity contribution in [2.45, 2.75) is 33.2 Å². The molecule has 0 saturated heterocycles. The first-order chi connectivity index (χ1) is 11.9. The Morgan fingerprint density at radius 1 is 0.880 bits per heavy atom. The van der Waals surface area contributed by atoms with Gasteiger partial charge in [-0.15, -0.1) is 0 Å². The fourth-order valence-corrected chi connectivity index (χ4v) is 2.76. The van der Waals surface area contributed by atoms with Crippen LogP contribution in [0.3, 0.4) is 0 Å². The molecule has 0 aliphatic carbocycles. The average molecular weight is 359 g/mol. The molecule has 0 aliphatic rings. The molecule has 0 atom stereocenters. The Bertz CT molecular complexity index is 688. The maximum absolute atomic E-state index is 6.09. The predicted octanol–water partition coefficient (Wildman–Crippen LogP) is 5.33. The standard InChI is InChI=1S/C20H26O4Si/c1-16(22-15-17-9-7-6-8-10-17)20(24-25(3,4)5)23-19-13-11-18(21-2)12-14-19/h6-14H,15H2,1-5H3/b20-16+. The Hall–Kier alpha value is -2.40. The second kappa shape index (κ2) is 8.62. The Morgan fingerprint density at radius 2 is 1.48 bits per heavy atom. The normalized spacial score (nSPS) is 12.2. The second-order valence-electron chi connectivity index (χ2n) is 6.61. The Balaban J connectivity index is 2.14. The summed E-state index contributed by atoms with van der Waals surface area (Å²) in [6, 6.07) is 17.4. The van der Waals surface area contributed by atoms with E-state index in [1.807, 2.05) is 61.5 Å². The number of hydrogen-bond donors (Lipinski definition) is 0. The van der Waals surface area contributed by atoms with Crippen molar-refractivity contribution in [3.05, 3.63) is 71.9 Å². The zero-order valence-electron chi connectivity index (χ0n) is 15.5. The molecule has 0 saturated carbocycles. The summed E-state index contributed by atoms with van der Waals surface area (Å²) in [7, 11) is -0.215. The highest BCUT2D eigenvalue weighted by atomic mass is 28.4. The predicted molar refractivity (Wildman–Crippen MR) is 102 cm³/mol. The lowest BCUT2D eigenvalue weighted by Crippen LogP contribution is -2.27. The van der Waals surface area contributed by atoms with Crippen LogP contribution in [0.25, 0.3) is 0 Å². The molecule has 4 nitrogen and oxygen atoms in total. The lowest BCUT2D eigenvalue weighted by Gasteiger charge is -2.23. The van der Waals surface area contributed by atoms with Gasteiger partial charge in [0.25, 0.3) is 0 Å². The van der Waals surface area contributed by atoms with Crippen LogP contribution in [0.15, 0.2) is 66.3 Å². The van der Waals surface area contributed by atoms with E-state index in [1.165, 1.54) is 0 Å². The van der Waals surface area contributed by atoms with Gasteiger partial charge in [0.1, 0.15) is 18.1 Å². The third-order valence-electron chi connectivity index (χ3n) is 3.25. The van der Waals surface area contributed by atoms with Crippen molar-refractivity contribution in [3.63, 3.8) is 0 Å². The SMILES string of the molecule is COc1ccc(O/C(O[Si](C)(C)C)=C(/C)OCc2ccccc2)cc1. The second-order valence-corrected chi connectivity index (χ2v) is 11.0. The minimum absolute atomic E-state index is 0.417. The van der Waals surface area contributed by atoms with Gasteiger partial charge in [0.15, 0.2) is 5.76 Å². The van der Waals surface area contributed by atoms with Gasteiger partial charge in [0.2, 0.25) is 8.32 Å². The van der Waals surface area contributed by atoms with Crippen LogP contribution < -0.4 is 9.47 Å². The van der Waals surface area contributed by atoms with Crippen molar-refractivity contribution in [3.8, 4) is 11.5 Å². The Labute approximate surface area is 151 Å². The van der Waals surface area contributed by atoms with Crippen LogP contribution in [-0.4, -0.2) is 15.4 Å². The summed E-state index contributed by atoms with van der Waals surface area (Å²) < 4.78 is 23.1. The number of hydrogen-bond acceptors (Lipinski definition) is 4. The number of allylic oxidation sites excluding steroid dienone is 1. The number of ether oxygens (including phenoxy) is 3. The van der Waals surface area contributed by atoms with Gasteiger partial charge >= 0.3 is 5.95 Å². The average Bonchev–Trinajstić information content (AvgIpc) is 2.59. The molecule has 0 radical (unpaired) electrons. The highest BCUT2D eigenvalue weighted by Gasteiger charge is 2.22. The van der Waals surface area contributed by atoms with Crippen molar-refractivity contribution in [2.24, 2.45) is 0 Å². The van der Waals surface area contributed by atoms with Crippen LogP contribution in [0.5, 0.6) is 11.5 Å². The van der Waals surface area contributed by atoms with E-state index in [0.29, 0.717) is 24.1 Å². The van der Waals surface area contributed by atoms with Crippen LogP contribution in [0, 0.1) is 0 Å². The lowest BCUT2D eigenvalue weighted by atomic mass is 10.2. The maximum Gasteiger partial charge on any atom is 0.310 e. The monoisotopic (exact) mass is 358 g/mol. The summed E-state index contributed by atoms with van der Waals surface area (Å²) in [5.41, 5.74) is 1.10. The molecule has 2 aromatic rings. The van der Waals surface area contributed by atoms with Gasteiger partial charge in [-0.25, -0.2) is 0 Å². The summed E-state index contributed by atoms with van der Waals surface area (Å²) >= 11 is 0. The molecule has 134 valence electrons. The third kappa shape index (κ3) is 6.55.